The van der Waals surface area contributed by atoms with E-state index in [1.54, 1.807) is 22.7 Å². The molecule has 4 aromatic rings. The van der Waals surface area contributed by atoms with Crippen LogP contribution in [0.4, 0.5) is 0 Å². The summed E-state index contributed by atoms with van der Waals surface area (Å²) in [7, 11) is 0. The van der Waals surface area contributed by atoms with Gasteiger partial charge in [0.15, 0.2) is 0 Å². The van der Waals surface area contributed by atoms with E-state index in [1.807, 2.05) is 36.5 Å². The van der Waals surface area contributed by atoms with E-state index in [1.165, 1.54) is 38.0 Å². The van der Waals surface area contributed by atoms with Crippen LogP contribution in [0.5, 0.6) is 0 Å². The van der Waals surface area contributed by atoms with E-state index in [0.29, 0.717) is 0 Å². The van der Waals surface area contributed by atoms with E-state index in [-0.39, 0.29) is 0 Å². The summed E-state index contributed by atoms with van der Waals surface area (Å²) in [6.45, 7) is 3.78. The molecule has 0 radical (unpaired) electrons. The van der Waals surface area contributed by atoms with Gasteiger partial charge in [0.2, 0.25) is 0 Å². The second-order valence-electron chi connectivity index (χ2n) is 4.24. The molecule has 0 aliphatic heterocycles. The predicted octanol–water partition coefficient (Wildman–Crippen LogP) is 6.14. The standard InChI is InChI=1S/C16H8S4/c1-3-5-9-7-11-13-14(19-15(11)17-9)12-8-10(6-4-2)18-16(12)20-13/h7-8H,1-2H3. The Morgan fingerprint density at radius 1 is 0.700 bits per heavy atom. The minimum atomic E-state index is 1.17. The van der Waals surface area contributed by atoms with Crippen molar-refractivity contribution in [2.45, 2.75) is 13.8 Å². The van der Waals surface area contributed by atoms with E-state index in [9.17, 15) is 0 Å². The lowest BCUT2D eigenvalue weighted by Gasteiger charge is -1.79. The first kappa shape index (κ1) is 12.4. The third kappa shape index (κ3) is 1.74. The topological polar surface area (TPSA) is 0 Å². The van der Waals surface area contributed by atoms with Gasteiger partial charge in [-0.1, -0.05) is 11.8 Å². The van der Waals surface area contributed by atoms with Gasteiger partial charge in [-0.25, -0.2) is 0 Å². The first-order valence-electron chi connectivity index (χ1n) is 6.04. The molecule has 0 bridgehead atoms. The van der Waals surface area contributed by atoms with Crippen LogP contribution in [0.25, 0.3) is 28.2 Å². The molecule has 0 nitrogen and oxygen atoms in total. The lowest BCUT2D eigenvalue weighted by atomic mass is 10.3. The molecule has 0 unspecified atom stereocenters. The van der Waals surface area contributed by atoms with Gasteiger partial charge in [0.05, 0.1) is 27.2 Å². The Hall–Kier alpha value is -1.30. The molecular formula is C16H8S4. The van der Waals surface area contributed by atoms with Gasteiger partial charge in [-0.15, -0.1) is 57.2 Å². The van der Waals surface area contributed by atoms with Gasteiger partial charge < -0.3 is 0 Å². The molecule has 0 aliphatic rings. The Kier molecular flexibility index (Phi) is 2.87. The minimum absolute atomic E-state index is 1.17. The van der Waals surface area contributed by atoms with Crippen molar-refractivity contribution in [2.24, 2.45) is 0 Å². The summed E-state index contributed by atoms with van der Waals surface area (Å²) in [5.74, 6) is 12.3. The Balaban J connectivity index is 2.03. The third-order valence-corrected chi connectivity index (χ3v) is 7.86. The highest BCUT2D eigenvalue weighted by atomic mass is 32.2. The summed E-state index contributed by atoms with van der Waals surface area (Å²) >= 11 is 7.40. The lowest BCUT2D eigenvalue weighted by molar-refractivity contribution is 1.89. The largest absolute Gasteiger partial charge is 0.123 e. The number of fused-ring (bicyclic) bond motifs is 5. The van der Waals surface area contributed by atoms with Crippen molar-refractivity contribution in [3.63, 3.8) is 0 Å². The van der Waals surface area contributed by atoms with Crippen LogP contribution >= 0.6 is 45.3 Å². The molecule has 20 heavy (non-hydrogen) atoms. The van der Waals surface area contributed by atoms with Crippen molar-refractivity contribution in [1.82, 2.24) is 0 Å². The molecule has 0 aliphatic carbocycles. The van der Waals surface area contributed by atoms with Crippen LogP contribution in [0, 0.1) is 23.7 Å². The first-order chi connectivity index (χ1) is 9.80. The zero-order chi connectivity index (χ0) is 13.7. The summed E-state index contributed by atoms with van der Waals surface area (Å²) in [6, 6.07) is 4.48. The van der Waals surface area contributed by atoms with Crippen LogP contribution < -0.4 is 0 Å². The van der Waals surface area contributed by atoms with Crippen LogP contribution in [-0.2, 0) is 0 Å². The van der Waals surface area contributed by atoms with Crippen LogP contribution in [0.15, 0.2) is 12.1 Å². The van der Waals surface area contributed by atoms with Crippen LogP contribution in [0.2, 0.25) is 0 Å². The number of hydrogen-bond acceptors (Lipinski definition) is 4. The van der Waals surface area contributed by atoms with Crippen LogP contribution in [-0.4, -0.2) is 0 Å². The fraction of sp³-hybridized carbons (Fsp3) is 0.125. The summed E-state index contributed by atoms with van der Waals surface area (Å²) < 4.78 is 5.62. The third-order valence-electron chi connectivity index (χ3n) is 2.98. The molecule has 0 amide bonds. The van der Waals surface area contributed by atoms with Gasteiger partial charge in [-0.3, -0.25) is 0 Å². The number of rotatable bonds is 0. The second kappa shape index (κ2) is 4.62. The summed E-state index contributed by atoms with van der Waals surface area (Å²) in [4.78, 5) is 2.34. The molecule has 4 rings (SSSR count). The molecule has 0 N–H and O–H groups in total. The fourth-order valence-electron chi connectivity index (χ4n) is 2.22. The maximum absolute atomic E-state index is 3.17. The summed E-state index contributed by atoms with van der Waals surface area (Å²) in [5.41, 5.74) is 0. The molecule has 4 aromatic heterocycles. The van der Waals surface area contributed by atoms with Crippen molar-refractivity contribution >= 4 is 73.5 Å². The quantitative estimate of drug-likeness (QED) is 0.340. The van der Waals surface area contributed by atoms with E-state index in [4.69, 9.17) is 0 Å². The molecule has 0 spiro atoms. The summed E-state index contributed by atoms with van der Waals surface area (Å²) in [6.07, 6.45) is 0. The first-order valence-corrected chi connectivity index (χ1v) is 9.30. The van der Waals surface area contributed by atoms with Crippen molar-refractivity contribution in [3.05, 3.63) is 21.9 Å². The Morgan fingerprint density at radius 2 is 1.15 bits per heavy atom. The summed E-state index contributed by atoms with van der Waals surface area (Å²) in [5, 5.41) is 2.76. The van der Waals surface area contributed by atoms with Gasteiger partial charge in [0.25, 0.3) is 0 Å². The zero-order valence-corrected chi connectivity index (χ0v) is 14.1. The monoisotopic (exact) mass is 328 g/mol. The molecular weight excluding hydrogens is 320 g/mol. The van der Waals surface area contributed by atoms with E-state index in [2.05, 4.69) is 35.8 Å². The molecule has 0 aromatic carbocycles. The van der Waals surface area contributed by atoms with Crippen molar-refractivity contribution in [3.8, 4) is 23.7 Å². The fourth-order valence-corrected chi connectivity index (χ4v) is 7.56. The minimum Gasteiger partial charge on any atom is -0.123 e. The highest BCUT2D eigenvalue weighted by Gasteiger charge is 2.16. The molecule has 0 fully saturated rings. The lowest BCUT2D eigenvalue weighted by Crippen LogP contribution is -1.58. The van der Waals surface area contributed by atoms with Crippen molar-refractivity contribution in [1.29, 1.82) is 0 Å². The van der Waals surface area contributed by atoms with Crippen LogP contribution in [0.3, 0.4) is 0 Å². The van der Waals surface area contributed by atoms with Crippen LogP contribution in [0.1, 0.15) is 23.6 Å². The maximum Gasteiger partial charge on any atom is 0.0899 e. The molecule has 0 atom stereocenters. The zero-order valence-electron chi connectivity index (χ0n) is 10.8. The average Bonchev–Trinajstić information content (AvgIpc) is 3.09. The highest BCUT2D eigenvalue weighted by Crippen LogP contribution is 2.49. The molecule has 96 valence electrons. The van der Waals surface area contributed by atoms with E-state index in [0.717, 1.165) is 0 Å². The highest BCUT2D eigenvalue weighted by molar-refractivity contribution is 7.49. The molecule has 4 heteroatoms. The van der Waals surface area contributed by atoms with E-state index < -0.39 is 0 Å². The smallest absolute Gasteiger partial charge is 0.0899 e. The molecule has 0 saturated carbocycles. The molecule has 4 heterocycles. The Morgan fingerprint density at radius 3 is 1.55 bits per heavy atom. The van der Waals surface area contributed by atoms with Gasteiger partial charge in [-0.2, -0.15) is 0 Å². The van der Waals surface area contributed by atoms with Gasteiger partial charge in [-0.05, 0) is 26.0 Å². The second-order valence-corrected chi connectivity index (χ2v) is 8.90. The van der Waals surface area contributed by atoms with Gasteiger partial charge in [0, 0.05) is 10.8 Å². The normalized spacial score (nSPS) is 10.7. The number of thiophene rings is 4. The number of hydrogen-bond donors (Lipinski definition) is 0. The Labute approximate surface area is 132 Å². The van der Waals surface area contributed by atoms with Crippen molar-refractivity contribution in [2.75, 3.05) is 0 Å². The average molecular weight is 329 g/mol. The maximum atomic E-state index is 3.17. The molecule has 0 saturated heterocycles. The van der Waals surface area contributed by atoms with Crippen molar-refractivity contribution < 1.29 is 0 Å². The predicted molar refractivity (Wildman–Crippen MR) is 95.6 cm³/mol. The van der Waals surface area contributed by atoms with Gasteiger partial charge in [0.1, 0.15) is 0 Å². The Bertz CT molecular complexity index is 985. The SMILES string of the molecule is CC#Cc1cc2c(s1)sc1c3cc(C#CC)sc3sc21. The van der Waals surface area contributed by atoms with E-state index >= 15 is 0 Å². The van der Waals surface area contributed by atoms with Gasteiger partial charge >= 0.3 is 0 Å².